The Morgan fingerprint density at radius 1 is 1.35 bits per heavy atom. The first-order valence-corrected chi connectivity index (χ1v) is 9.63. The van der Waals surface area contributed by atoms with Crippen molar-refractivity contribution in [3.8, 4) is 0 Å². The number of nitrogen functional groups attached to an aromatic ring is 1. The predicted molar refractivity (Wildman–Crippen MR) is 81.4 cm³/mol. The molecule has 1 spiro atoms. The van der Waals surface area contributed by atoms with E-state index in [0.717, 1.165) is 37.1 Å². The molecule has 5 nitrogen and oxygen atoms in total. The van der Waals surface area contributed by atoms with Crippen LogP contribution in [0.5, 0.6) is 0 Å². The molecule has 2 N–H and O–H groups in total. The van der Waals surface area contributed by atoms with Crippen molar-refractivity contribution in [3.63, 3.8) is 0 Å². The van der Waals surface area contributed by atoms with Crippen LogP contribution < -0.4 is 5.73 Å². The van der Waals surface area contributed by atoms with E-state index in [1.54, 1.807) is 6.20 Å². The van der Waals surface area contributed by atoms with Gasteiger partial charge in [0, 0.05) is 30.7 Å². The van der Waals surface area contributed by atoms with Gasteiger partial charge < -0.3 is 5.73 Å². The molecule has 0 radical (unpaired) electrons. The normalized spacial score (nSPS) is 25.8. The number of rotatable bonds is 2. The Morgan fingerprint density at radius 2 is 2.10 bits per heavy atom. The Kier molecular flexibility index (Phi) is 3.77. The van der Waals surface area contributed by atoms with Crippen LogP contribution >= 0.6 is 11.3 Å². The topological polar surface area (TPSA) is 76.3 Å². The quantitative estimate of drug-likeness (QED) is 0.898. The van der Waals surface area contributed by atoms with E-state index in [4.69, 9.17) is 5.73 Å². The van der Waals surface area contributed by atoms with E-state index in [0.29, 0.717) is 24.0 Å². The number of hydrogen-bond donors (Lipinski definition) is 1. The van der Waals surface area contributed by atoms with Crippen LogP contribution in [0.15, 0.2) is 6.20 Å². The van der Waals surface area contributed by atoms with Gasteiger partial charge in [0.2, 0.25) is 0 Å². The average Bonchev–Trinajstić information content (AvgIpc) is 2.81. The van der Waals surface area contributed by atoms with Gasteiger partial charge in [-0.15, -0.1) is 11.3 Å². The summed E-state index contributed by atoms with van der Waals surface area (Å²) < 4.78 is 24.5. The van der Waals surface area contributed by atoms with Crippen molar-refractivity contribution < 1.29 is 8.42 Å². The van der Waals surface area contributed by atoms with Crippen LogP contribution in [0.3, 0.4) is 0 Å². The third kappa shape index (κ3) is 2.58. The smallest absolute Gasteiger partial charge is 0.180 e. The molecule has 7 heteroatoms. The molecular weight excluding hydrogens is 294 g/mol. The van der Waals surface area contributed by atoms with E-state index in [1.165, 1.54) is 17.8 Å². The number of sulfone groups is 1. The minimum Gasteiger partial charge on any atom is -0.375 e. The highest BCUT2D eigenvalue weighted by atomic mass is 32.2. The third-order valence-corrected chi connectivity index (χ3v) is 7.95. The summed E-state index contributed by atoms with van der Waals surface area (Å²) in [6.07, 6.45) is 6.72. The fourth-order valence-corrected chi connectivity index (χ4v) is 6.42. The van der Waals surface area contributed by atoms with Gasteiger partial charge in [0.05, 0.1) is 10.5 Å². The van der Waals surface area contributed by atoms with Crippen LogP contribution in [0.2, 0.25) is 0 Å². The largest absolute Gasteiger partial charge is 0.375 e. The highest BCUT2D eigenvalue weighted by Gasteiger charge is 2.48. The zero-order valence-electron chi connectivity index (χ0n) is 11.5. The molecule has 2 aliphatic rings. The molecule has 2 fully saturated rings. The van der Waals surface area contributed by atoms with Gasteiger partial charge in [0.25, 0.3) is 0 Å². The monoisotopic (exact) mass is 315 g/mol. The van der Waals surface area contributed by atoms with E-state index in [1.807, 2.05) is 0 Å². The second-order valence-electron chi connectivity index (χ2n) is 5.94. The van der Waals surface area contributed by atoms with Crippen molar-refractivity contribution in [2.75, 3.05) is 24.6 Å². The highest BCUT2D eigenvalue weighted by Crippen LogP contribution is 2.39. The number of nitrogens with zero attached hydrogens (tertiary/aromatic N) is 2. The fraction of sp³-hybridized carbons (Fsp3) is 0.769. The van der Waals surface area contributed by atoms with Crippen LogP contribution in [0.25, 0.3) is 0 Å². The Morgan fingerprint density at radius 3 is 2.75 bits per heavy atom. The maximum absolute atomic E-state index is 12.5. The fourth-order valence-electron chi connectivity index (χ4n) is 3.47. The van der Waals surface area contributed by atoms with Crippen LogP contribution in [0, 0.1) is 0 Å². The first kappa shape index (κ1) is 14.3. The standard InChI is InChI=1S/C13H21N3O2S2/c14-12-15-8-11(19-12)9-16-6-7-20(17,18)13(10-16)4-2-1-3-5-13/h8H,1-7,9-10H2,(H2,14,15). The lowest BCUT2D eigenvalue weighted by molar-refractivity contribution is 0.201. The molecule has 1 aromatic rings. The molecule has 3 rings (SSSR count). The summed E-state index contributed by atoms with van der Waals surface area (Å²) in [7, 11) is -2.94. The molecule has 1 aliphatic carbocycles. The number of thiazole rings is 1. The highest BCUT2D eigenvalue weighted by molar-refractivity contribution is 7.92. The van der Waals surface area contributed by atoms with Crippen LogP contribution in [0.4, 0.5) is 5.13 Å². The maximum atomic E-state index is 12.5. The summed E-state index contributed by atoms with van der Waals surface area (Å²) in [5.41, 5.74) is 5.66. The van der Waals surface area contributed by atoms with Crippen molar-refractivity contribution in [2.45, 2.75) is 43.4 Å². The zero-order chi connectivity index (χ0) is 14.2. The third-order valence-electron chi connectivity index (χ3n) is 4.56. The summed E-state index contributed by atoms with van der Waals surface area (Å²) in [4.78, 5) is 7.45. The van der Waals surface area contributed by atoms with Crippen molar-refractivity contribution >= 4 is 26.3 Å². The number of anilines is 1. The Balaban J connectivity index is 1.76. The lowest BCUT2D eigenvalue weighted by atomic mass is 9.87. The van der Waals surface area contributed by atoms with Crippen molar-refractivity contribution in [1.82, 2.24) is 9.88 Å². The molecule has 2 heterocycles. The number of aromatic nitrogens is 1. The van der Waals surface area contributed by atoms with E-state index in [-0.39, 0.29) is 0 Å². The van der Waals surface area contributed by atoms with Crippen molar-refractivity contribution in [2.24, 2.45) is 0 Å². The molecule has 0 atom stereocenters. The van der Waals surface area contributed by atoms with E-state index < -0.39 is 14.6 Å². The molecule has 112 valence electrons. The van der Waals surface area contributed by atoms with Crippen LogP contribution in [-0.2, 0) is 16.4 Å². The molecule has 1 aliphatic heterocycles. The van der Waals surface area contributed by atoms with Gasteiger partial charge in [-0.05, 0) is 12.8 Å². The lowest BCUT2D eigenvalue weighted by Gasteiger charge is -2.44. The minimum absolute atomic E-state index is 0.293. The van der Waals surface area contributed by atoms with Gasteiger partial charge in [-0.2, -0.15) is 0 Å². The Hall–Kier alpha value is -0.660. The van der Waals surface area contributed by atoms with E-state index in [9.17, 15) is 8.42 Å². The molecule has 1 saturated carbocycles. The minimum atomic E-state index is -2.94. The second kappa shape index (κ2) is 5.27. The predicted octanol–water partition coefficient (Wildman–Crippen LogP) is 1.66. The second-order valence-corrected chi connectivity index (χ2v) is 9.59. The molecular formula is C13H21N3O2S2. The summed E-state index contributed by atoms with van der Waals surface area (Å²) in [6, 6.07) is 0. The number of hydrogen-bond acceptors (Lipinski definition) is 6. The molecule has 0 amide bonds. The van der Waals surface area contributed by atoms with Crippen LogP contribution in [0.1, 0.15) is 37.0 Å². The Bertz CT molecular complexity index is 576. The molecule has 1 saturated heterocycles. The molecule has 0 aromatic carbocycles. The van der Waals surface area contributed by atoms with Crippen LogP contribution in [-0.4, -0.2) is 41.9 Å². The molecule has 0 bridgehead atoms. The summed E-state index contributed by atoms with van der Waals surface area (Å²) in [5, 5.41) is 0.581. The zero-order valence-corrected chi connectivity index (χ0v) is 13.2. The Labute approximate surface area is 124 Å². The summed E-state index contributed by atoms with van der Waals surface area (Å²) >= 11 is 1.49. The van der Waals surface area contributed by atoms with Crippen molar-refractivity contribution in [1.29, 1.82) is 0 Å². The summed E-state index contributed by atoms with van der Waals surface area (Å²) in [5.74, 6) is 0.293. The SMILES string of the molecule is Nc1ncc(CN2CCS(=O)(=O)C3(CCCCC3)C2)s1. The summed E-state index contributed by atoms with van der Waals surface area (Å²) in [6.45, 7) is 2.07. The first-order valence-electron chi connectivity index (χ1n) is 7.16. The lowest BCUT2D eigenvalue weighted by Crippen LogP contribution is -2.56. The van der Waals surface area contributed by atoms with Gasteiger partial charge >= 0.3 is 0 Å². The first-order chi connectivity index (χ1) is 9.51. The average molecular weight is 315 g/mol. The molecule has 1 aromatic heterocycles. The van der Waals surface area contributed by atoms with Gasteiger partial charge in [-0.3, -0.25) is 4.90 Å². The number of nitrogens with two attached hydrogens (primary N) is 1. The maximum Gasteiger partial charge on any atom is 0.180 e. The van der Waals surface area contributed by atoms with Gasteiger partial charge in [-0.25, -0.2) is 13.4 Å². The van der Waals surface area contributed by atoms with Crippen molar-refractivity contribution in [3.05, 3.63) is 11.1 Å². The van der Waals surface area contributed by atoms with Gasteiger partial charge in [0.1, 0.15) is 0 Å². The molecule has 0 unspecified atom stereocenters. The van der Waals surface area contributed by atoms with E-state index >= 15 is 0 Å². The van der Waals surface area contributed by atoms with Gasteiger partial charge in [0.15, 0.2) is 15.0 Å². The van der Waals surface area contributed by atoms with E-state index in [2.05, 4.69) is 9.88 Å². The molecule has 20 heavy (non-hydrogen) atoms. The van der Waals surface area contributed by atoms with Gasteiger partial charge in [-0.1, -0.05) is 19.3 Å².